The van der Waals surface area contributed by atoms with Gasteiger partial charge in [-0.2, -0.15) is 0 Å². The minimum atomic E-state index is -3.72. The van der Waals surface area contributed by atoms with Crippen LogP contribution in [0.1, 0.15) is 5.56 Å². The maximum Gasteiger partial charge on any atom is 0.313 e. The van der Waals surface area contributed by atoms with Gasteiger partial charge in [-0.15, -0.1) is 11.8 Å². The zero-order valence-corrected chi connectivity index (χ0v) is 21.9. The summed E-state index contributed by atoms with van der Waals surface area (Å²) in [7, 11) is -3.72. The number of halogens is 2. The van der Waals surface area contributed by atoms with Gasteiger partial charge < -0.3 is 14.8 Å². The lowest BCUT2D eigenvalue weighted by atomic mass is 10.2. The molecule has 170 valence electrons. The second kappa shape index (κ2) is 9.54. The van der Waals surface area contributed by atoms with E-state index in [0.717, 1.165) is 10.5 Å². The quantitative estimate of drug-likeness (QED) is 0.223. The van der Waals surface area contributed by atoms with Gasteiger partial charge in [0.2, 0.25) is 9.84 Å². The molecule has 0 bridgehead atoms. The Labute approximate surface area is 211 Å². The molecule has 33 heavy (non-hydrogen) atoms. The molecule has 0 fully saturated rings. The second-order valence-corrected chi connectivity index (χ2v) is 11.9. The molecular weight excluding hydrogens is 594 g/mol. The topological polar surface area (TPSA) is 96.5 Å². The molecule has 1 heterocycles. The zero-order valence-electron chi connectivity index (χ0n) is 17.1. The number of hydrogen-bond donors (Lipinski definition) is 2. The van der Waals surface area contributed by atoms with E-state index in [4.69, 9.17) is 9.84 Å². The Hall–Kier alpha value is -2.27. The molecule has 0 saturated heterocycles. The van der Waals surface area contributed by atoms with Crippen molar-refractivity contribution >= 4 is 70.3 Å². The molecule has 0 saturated carbocycles. The van der Waals surface area contributed by atoms with E-state index < -0.39 is 15.8 Å². The van der Waals surface area contributed by atoms with E-state index in [-0.39, 0.29) is 15.5 Å². The monoisotopic (exact) mass is 609 g/mol. The van der Waals surface area contributed by atoms with Crippen molar-refractivity contribution in [2.45, 2.75) is 21.6 Å². The first kappa shape index (κ1) is 23.9. The fourth-order valence-electron chi connectivity index (χ4n) is 3.18. The molecule has 0 aliphatic carbocycles. The Kier molecular flexibility index (Phi) is 6.90. The number of benzene rings is 3. The lowest BCUT2D eigenvalue weighted by Crippen LogP contribution is -2.01. The van der Waals surface area contributed by atoms with Gasteiger partial charge in [0, 0.05) is 22.0 Å². The molecule has 10 heteroatoms. The number of H-pyrrole nitrogens is 1. The number of nitrogens with one attached hydrogen (secondary N) is 1. The number of fused-ring (bicyclic) bond motifs is 1. The number of sulfone groups is 1. The van der Waals surface area contributed by atoms with E-state index in [1.54, 1.807) is 54.6 Å². The minimum Gasteiger partial charge on any atom is -0.481 e. The molecule has 3 aromatic carbocycles. The van der Waals surface area contributed by atoms with Crippen LogP contribution in [0.25, 0.3) is 10.9 Å². The van der Waals surface area contributed by atoms with Crippen LogP contribution in [0.4, 0.5) is 0 Å². The number of carboxylic acid groups (broad SMARTS) is 1. The van der Waals surface area contributed by atoms with Crippen LogP contribution in [-0.2, 0) is 14.6 Å². The van der Waals surface area contributed by atoms with Crippen molar-refractivity contribution in [1.82, 2.24) is 4.98 Å². The number of aryl methyl sites for hydroxylation is 1. The van der Waals surface area contributed by atoms with Gasteiger partial charge in [-0.25, -0.2) is 8.42 Å². The zero-order chi connectivity index (χ0) is 23.8. The van der Waals surface area contributed by atoms with Crippen molar-refractivity contribution in [2.75, 3.05) is 5.75 Å². The summed E-state index contributed by atoms with van der Waals surface area (Å²) < 4.78 is 33.8. The average Bonchev–Trinajstić information content (AvgIpc) is 3.19. The number of aromatic nitrogens is 1. The summed E-state index contributed by atoms with van der Waals surface area (Å²) in [6.45, 7) is 1.90. The number of ether oxygens (including phenoxy) is 1. The van der Waals surface area contributed by atoms with Gasteiger partial charge in [0.25, 0.3) is 0 Å². The summed E-state index contributed by atoms with van der Waals surface area (Å²) in [5.41, 5.74) is 1.65. The number of aromatic amines is 1. The predicted molar refractivity (Wildman–Crippen MR) is 135 cm³/mol. The van der Waals surface area contributed by atoms with Gasteiger partial charge in [0.1, 0.15) is 5.75 Å². The van der Waals surface area contributed by atoms with Crippen LogP contribution < -0.4 is 4.74 Å². The Morgan fingerprint density at radius 1 is 1.06 bits per heavy atom. The fourth-order valence-corrected chi connectivity index (χ4v) is 6.95. The van der Waals surface area contributed by atoms with Crippen molar-refractivity contribution in [1.29, 1.82) is 0 Å². The summed E-state index contributed by atoms with van der Waals surface area (Å²) in [6.07, 6.45) is 1.49. The number of thioether (sulfide) groups is 1. The molecular formula is C23H17Br2NO5S2. The number of aliphatic carboxylic acids is 1. The Morgan fingerprint density at radius 3 is 2.36 bits per heavy atom. The molecule has 0 unspecified atom stereocenters. The summed E-state index contributed by atoms with van der Waals surface area (Å²) in [5, 5.41) is 9.40. The fraction of sp³-hybridized carbons (Fsp3) is 0.0870. The SMILES string of the molecule is Cc1ccc(S(=O)(=O)c2c[nH]c3ccc(Oc4c(Br)cc(SCC(=O)O)cc4Br)cc23)cc1. The first-order chi connectivity index (χ1) is 15.6. The van der Waals surface area contributed by atoms with Crippen LogP contribution in [0.5, 0.6) is 11.5 Å². The number of carboxylic acids is 1. The normalized spacial score (nSPS) is 11.6. The highest BCUT2D eigenvalue weighted by molar-refractivity contribution is 9.11. The van der Waals surface area contributed by atoms with Crippen molar-refractivity contribution in [3.8, 4) is 11.5 Å². The summed E-state index contributed by atoms with van der Waals surface area (Å²) in [4.78, 5) is 15.0. The third-order valence-electron chi connectivity index (χ3n) is 4.79. The van der Waals surface area contributed by atoms with Crippen LogP contribution in [-0.4, -0.2) is 30.2 Å². The van der Waals surface area contributed by atoms with Crippen molar-refractivity contribution in [2.24, 2.45) is 0 Å². The molecule has 0 spiro atoms. The van der Waals surface area contributed by atoms with Gasteiger partial charge >= 0.3 is 5.97 Å². The maximum absolute atomic E-state index is 13.2. The molecule has 0 aliphatic heterocycles. The minimum absolute atomic E-state index is 0.0541. The predicted octanol–water partition coefficient (Wildman–Crippen LogP) is 6.80. The Balaban J connectivity index is 1.68. The lowest BCUT2D eigenvalue weighted by Gasteiger charge is -2.12. The van der Waals surface area contributed by atoms with Crippen LogP contribution >= 0.6 is 43.6 Å². The lowest BCUT2D eigenvalue weighted by molar-refractivity contribution is -0.133. The molecule has 4 rings (SSSR count). The van der Waals surface area contributed by atoms with Gasteiger partial charge in [0.05, 0.1) is 24.5 Å². The molecule has 0 amide bonds. The highest BCUT2D eigenvalue weighted by Gasteiger charge is 2.22. The van der Waals surface area contributed by atoms with Crippen LogP contribution in [0, 0.1) is 6.92 Å². The van der Waals surface area contributed by atoms with E-state index >= 15 is 0 Å². The van der Waals surface area contributed by atoms with Crippen molar-refractivity contribution < 1.29 is 23.1 Å². The maximum atomic E-state index is 13.2. The number of hydrogen-bond acceptors (Lipinski definition) is 5. The molecule has 0 atom stereocenters. The van der Waals surface area contributed by atoms with Crippen molar-refractivity contribution in [3.63, 3.8) is 0 Å². The molecule has 0 aliphatic rings. The third kappa shape index (κ3) is 5.13. The highest BCUT2D eigenvalue weighted by atomic mass is 79.9. The summed E-state index contributed by atoms with van der Waals surface area (Å²) >= 11 is 8.13. The number of carbonyl (C=O) groups is 1. The Morgan fingerprint density at radius 2 is 1.73 bits per heavy atom. The molecule has 1 aromatic heterocycles. The van der Waals surface area contributed by atoms with E-state index in [2.05, 4.69) is 36.8 Å². The van der Waals surface area contributed by atoms with Gasteiger partial charge in [0.15, 0.2) is 5.75 Å². The third-order valence-corrected chi connectivity index (χ3v) is 8.74. The van der Waals surface area contributed by atoms with Gasteiger partial charge in [-0.3, -0.25) is 4.79 Å². The summed E-state index contributed by atoms with van der Waals surface area (Å²) in [5.74, 6) is -0.00681. The van der Waals surface area contributed by atoms with Gasteiger partial charge in [-0.05, 0) is 81.2 Å². The van der Waals surface area contributed by atoms with Crippen LogP contribution in [0.2, 0.25) is 0 Å². The van der Waals surface area contributed by atoms with Crippen LogP contribution in [0.3, 0.4) is 0 Å². The van der Waals surface area contributed by atoms with E-state index in [1.807, 2.05) is 6.92 Å². The van der Waals surface area contributed by atoms with Crippen molar-refractivity contribution in [3.05, 3.63) is 75.3 Å². The Bertz CT molecular complexity index is 1440. The standard InChI is InChI=1S/C23H17Br2NO5S2/c1-13-2-5-16(6-3-13)33(29,30)21-11-26-20-7-4-14(8-17(20)21)31-23-18(24)9-15(10-19(23)25)32-12-22(27)28/h2-11,26H,12H2,1H3,(H,27,28). The summed E-state index contributed by atoms with van der Waals surface area (Å²) in [6, 6.07) is 15.5. The average molecular weight is 611 g/mol. The van der Waals surface area contributed by atoms with Gasteiger partial charge in [-0.1, -0.05) is 17.7 Å². The largest absolute Gasteiger partial charge is 0.481 e. The smallest absolute Gasteiger partial charge is 0.313 e. The second-order valence-electron chi connectivity index (χ2n) is 7.18. The molecule has 2 N–H and O–H groups in total. The first-order valence-electron chi connectivity index (χ1n) is 9.59. The highest BCUT2D eigenvalue weighted by Crippen LogP contribution is 2.41. The first-order valence-corrected chi connectivity index (χ1v) is 13.6. The van der Waals surface area contributed by atoms with E-state index in [0.29, 0.717) is 31.3 Å². The molecule has 4 aromatic rings. The van der Waals surface area contributed by atoms with E-state index in [9.17, 15) is 13.2 Å². The molecule has 6 nitrogen and oxygen atoms in total. The number of rotatable bonds is 7. The molecule has 0 radical (unpaired) electrons. The van der Waals surface area contributed by atoms with Crippen LogP contribution in [0.15, 0.2) is 84.4 Å². The van der Waals surface area contributed by atoms with E-state index in [1.165, 1.54) is 18.0 Å².